The molecule has 0 aromatic carbocycles. The van der Waals surface area contributed by atoms with Crippen molar-refractivity contribution in [3.8, 4) is 0 Å². The maximum atomic E-state index is 12.7. The van der Waals surface area contributed by atoms with Crippen LogP contribution in [0.4, 0.5) is 0 Å². The van der Waals surface area contributed by atoms with Crippen LogP contribution in [0.2, 0.25) is 0 Å². The van der Waals surface area contributed by atoms with Gasteiger partial charge < -0.3 is 0 Å². The second kappa shape index (κ2) is 28.2. The summed E-state index contributed by atoms with van der Waals surface area (Å²) in [6, 6.07) is 0. The minimum atomic E-state index is -4.89. The molecule has 0 aliphatic rings. The van der Waals surface area contributed by atoms with Crippen molar-refractivity contribution in [2.24, 2.45) is 0 Å². The zero-order valence-corrected chi connectivity index (χ0v) is 97.4. The monoisotopic (exact) mass is 3730 g/mol. The lowest BCUT2D eigenvalue weighted by Crippen LogP contribution is -2.74. The van der Waals surface area contributed by atoms with Crippen LogP contribution in [0.3, 0.4) is 0 Å². The molecule has 0 aromatic heterocycles. The maximum Gasteiger partial charge on any atom is 0.293 e. The van der Waals surface area contributed by atoms with Crippen molar-refractivity contribution in [3.05, 3.63) is 0 Å². The van der Waals surface area contributed by atoms with E-state index in [0.717, 1.165) is 0 Å². The van der Waals surface area contributed by atoms with E-state index < -0.39 is 76.3 Å². The van der Waals surface area contributed by atoms with Crippen molar-refractivity contribution in [3.63, 3.8) is 0 Å². The molecule has 0 heterocycles. The number of halogens is 43. The summed E-state index contributed by atoms with van der Waals surface area (Å²) in [5.74, 6) is 0. The van der Waals surface area contributed by atoms with Gasteiger partial charge in [-0.2, -0.15) is 8.42 Å². The molecule has 0 bridgehead atoms. The van der Waals surface area contributed by atoms with Crippen molar-refractivity contribution in [1.29, 1.82) is 0 Å². The molecule has 68 heavy (non-hydrogen) atoms. The molecule has 0 atom stereocenters. The van der Waals surface area contributed by atoms with E-state index in [0.29, 0.717) is 0 Å². The van der Waals surface area contributed by atoms with E-state index >= 15 is 0 Å². The highest BCUT2D eigenvalue weighted by Crippen LogP contribution is 2.85. The van der Waals surface area contributed by atoms with Crippen LogP contribution in [0.25, 0.3) is 0 Å². The minimum absolute atomic E-state index is 0.957. The molecule has 0 spiro atoms. The van der Waals surface area contributed by atoms with Crippen LogP contribution in [0.1, 0.15) is 0 Å². The summed E-state index contributed by atoms with van der Waals surface area (Å²) < 4.78 is 4.62. The average molecular weight is 3770 g/mol. The first-order valence-corrected chi connectivity index (χ1v) is 49.4. The Labute approximate surface area is 754 Å². The largest absolute Gasteiger partial charge is 0.293 e. The molecule has 0 unspecified atom stereocenters. The standard InChI is InChI=1S/C21HBr43O3S/c22-1(23,2(24,25)4(28,29)6(32,33)8(36,37)10(40,41)12(44,45)14(48,49)16(52,53)18(56,57)20(60,61)62)3(26,27)5(30,31)7(34,35)9(38,39)11(42,43)13(46,47)15(50,51)17(54,55)19(58,59)21(63,64)68(65,66)67/h(H,65,66,67). The Balaban J connectivity index is 8.10. The van der Waals surface area contributed by atoms with Gasteiger partial charge in [-0.05, 0) is 31.9 Å². The summed E-state index contributed by atoms with van der Waals surface area (Å²) in [4.78, 5) is 0. The Morgan fingerprint density at radius 2 is 0.265 bits per heavy atom. The molecule has 0 radical (unpaired) electrons. The second-order valence-corrected chi connectivity index (χ2v) is 90.6. The molecule has 410 valence electrons. The van der Waals surface area contributed by atoms with Gasteiger partial charge in [0.05, 0.1) is 0 Å². The Bertz CT molecular complexity index is 1980. The van der Waals surface area contributed by atoms with Crippen LogP contribution in [0, 0.1) is 0 Å². The summed E-state index contributed by atoms with van der Waals surface area (Å²) >= 11 is 166. The third-order valence-electron chi connectivity index (χ3n) is 8.14. The normalized spacial score (nSPS) is 17.5. The first-order valence-electron chi connectivity index (χ1n) is 13.8. The van der Waals surface area contributed by atoms with Gasteiger partial charge in [-0.1, -0.05) is 653 Å². The lowest BCUT2D eigenvalue weighted by Gasteiger charge is -2.63. The highest BCUT2D eigenvalue weighted by atomic mass is 80.0. The van der Waals surface area contributed by atoms with Crippen LogP contribution in [0.15, 0.2) is 0 Å². The maximum absolute atomic E-state index is 12.7. The van der Waals surface area contributed by atoms with Crippen molar-refractivity contribution in [1.82, 2.24) is 0 Å². The molecule has 0 fully saturated rings. The van der Waals surface area contributed by atoms with Gasteiger partial charge in [0.1, 0.15) is 61.4 Å². The molecular weight excluding hydrogens is 3770 g/mol. The predicted octanol–water partition coefficient (Wildman–Crippen LogP) is 31.4. The lowest BCUT2D eigenvalue weighted by molar-refractivity contribution is 0.470. The zero-order valence-electron chi connectivity index (χ0n) is 28.4. The molecular formula is C21HBr43O3S. The van der Waals surface area contributed by atoms with Crippen molar-refractivity contribution < 1.29 is 13.0 Å². The number of rotatable bonds is 20. The minimum Gasteiger partial charge on any atom is -0.284 e. The number of hydrogen-bond donors (Lipinski definition) is 1. The summed E-state index contributed by atoms with van der Waals surface area (Å²) in [6.07, 6.45) is 0. The van der Waals surface area contributed by atoms with E-state index in [9.17, 15) is 13.0 Å². The smallest absolute Gasteiger partial charge is 0.284 e. The van der Waals surface area contributed by atoms with Crippen molar-refractivity contribution in [2.75, 3.05) is 0 Å². The number of hydrogen-bond acceptors (Lipinski definition) is 2. The van der Waals surface area contributed by atoms with Gasteiger partial charge in [0.2, 0.25) is 2.57 Å². The fraction of sp³-hybridized carbons (Fsp3) is 1.00. The van der Waals surface area contributed by atoms with Gasteiger partial charge >= 0.3 is 0 Å². The average Bonchev–Trinajstić information content (AvgIpc) is 3.08. The van der Waals surface area contributed by atoms with Gasteiger partial charge in [-0.25, -0.2) is 0 Å². The fourth-order valence-corrected chi connectivity index (χ4v) is 49.5. The van der Waals surface area contributed by atoms with Gasteiger partial charge in [-0.15, -0.1) is 0 Å². The molecule has 0 aromatic rings. The molecule has 3 nitrogen and oxygen atoms in total. The Hall–Kier alpha value is 20.6. The summed E-state index contributed by atoms with van der Waals surface area (Å²) in [7, 11) is -4.89. The van der Waals surface area contributed by atoms with Crippen molar-refractivity contribution in [2.45, 2.75) is 66.1 Å². The predicted molar refractivity (Wildman–Crippen MR) is 453 cm³/mol. The first-order chi connectivity index (χ1) is 28.2. The fourth-order valence-electron chi connectivity index (χ4n) is 3.87. The van der Waals surface area contributed by atoms with E-state index in [4.69, 9.17) is 0 Å². The summed E-state index contributed by atoms with van der Waals surface area (Å²) in [6.45, 7) is 0. The van der Waals surface area contributed by atoms with Crippen molar-refractivity contribution >= 4 is 695 Å². The molecule has 0 aliphatic carbocycles. The Morgan fingerprint density at radius 1 is 0.176 bits per heavy atom. The second-order valence-electron chi connectivity index (χ2n) is 12.4. The van der Waals surface area contributed by atoms with Crippen LogP contribution in [-0.4, -0.2) is 79.1 Å². The molecule has 1 N–H and O–H groups in total. The molecule has 0 aliphatic heterocycles. The quantitative estimate of drug-likeness (QED) is 0.0976. The van der Waals surface area contributed by atoms with Gasteiger partial charge in [0.25, 0.3) is 10.1 Å². The van der Waals surface area contributed by atoms with Gasteiger partial charge in [0.15, 0.2) is 2.14 Å². The Morgan fingerprint density at radius 3 is 0.353 bits per heavy atom. The van der Waals surface area contributed by atoms with E-state index in [2.05, 4.69) is 685 Å². The third kappa shape index (κ3) is 14.4. The summed E-state index contributed by atoms with van der Waals surface area (Å²) in [5.41, 5.74) is 0. The lowest BCUT2D eigenvalue weighted by atomic mass is 10.0. The van der Waals surface area contributed by atoms with Crippen LogP contribution >= 0.6 is 685 Å². The topological polar surface area (TPSA) is 54.4 Å². The molecule has 0 saturated carbocycles. The summed E-state index contributed by atoms with van der Waals surface area (Å²) in [5, 5.41) is 0. The molecule has 0 amide bonds. The zero-order chi connectivity index (χ0) is 57.0. The molecule has 0 saturated heterocycles. The molecule has 0 rings (SSSR count). The van der Waals surface area contributed by atoms with Gasteiger partial charge in [-0.3, -0.25) is 4.55 Å². The van der Waals surface area contributed by atoms with Crippen LogP contribution in [-0.2, 0) is 10.1 Å². The highest BCUT2D eigenvalue weighted by molar-refractivity contribution is 9.43. The third-order valence-corrected chi connectivity index (χ3v) is 104. The van der Waals surface area contributed by atoms with E-state index in [1.807, 2.05) is 0 Å². The number of alkyl halides is 43. The van der Waals surface area contributed by atoms with E-state index in [-0.39, 0.29) is 0 Å². The highest BCUT2D eigenvalue weighted by Gasteiger charge is 2.86. The Kier molecular flexibility index (Phi) is 36.7. The molecule has 47 heteroatoms. The first kappa shape index (κ1) is 88.5. The van der Waals surface area contributed by atoms with E-state index in [1.165, 1.54) is 0 Å². The van der Waals surface area contributed by atoms with Crippen LogP contribution in [0.5, 0.6) is 0 Å². The van der Waals surface area contributed by atoms with Crippen LogP contribution < -0.4 is 0 Å². The SMILES string of the molecule is O=S(=O)(O)C(Br)(Br)C(Br)(Br)C(Br)(Br)C(Br)(Br)C(Br)(Br)C(Br)(Br)C(Br)(Br)C(Br)(Br)C(Br)(Br)C(Br)(Br)C(Br)(Br)C(Br)(Br)C(Br)(Br)C(Br)(Br)C(Br)(Br)C(Br)(Br)C(Br)(Br)C(Br)(Br)C(Br)(Br)C(Br)(Br)C(Br)(Br)Br. The van der Waals surface area contributed by atoms with E-state index in [1.54, 1.807) is 0 Å². The van der Waals surface area contributed by atoms with Gasteiger partial charge in [0, 0.05) is 0 Å².